The van der Waals surface area contributed by atoms with Crippen LogP contribution in [0, 0.1) is 0 Å². The van der Waals surface area contributed by atoms with E-state index in [9.17, 15) is 4.79 Å². The van der Waals surface area contributed by atoms with Gasteiger partial charge in [0.25, 0.3) is 0 Å². The molecule has 0 saturated carbocycles. The maximum atomic E-state index is 11.3. The Morgan fingerprint density at radius 3 is 2.18 bits per heavy atom. The van der Waals surface area contributed by atoms with Crippen LogP contribution in [-0.4, -0.2) is 44.7 Å². The molecule has 0 heterocycles. The molecule has 0 aliphatic carbocycles. The minimum atomic E-state index is -0.0371. The van der Waals surface area contributed by atoms with E-state index in [0.29, 0.717) is 13.0 Å². The molecule has 0 radical (unpaired) electrons. The smallest absolute Gasteiger partial charge is 0.305 e. The summed E-state index contributed by atoms with van der Waals surface area (Å²) in [5.41, 5.74) is 0. The summed E-state index contributed by atoms with van der Waals surface area (Å²) in [4.78, 5) is 11.3. The minimum absolute atomic E-state index is 0. The van der Waals surface area contributed by atoms with Crippen molar-refractivity contribution in [2.24, 2.45) is 0 Å². The molecule has 0 bridgehead atoms. The van der Waals surface area contributed by atoms with Gasteiger partial charge in [-0.2, -0.15) is 0 Å². The Kier molecular flexibility index (Phi) is 12.2. The van der Waals surface area contributed by atoms with E-state index in [1.165, 1.54) is 19.3 Å². The Labute approximate surface area is 113 Å². The maximum Gasteiger partial charge on any atom is 0.305 e. The van der Waals surface area contributed by atoms with Crippen molar-refractivity contribution in [3.05, 3.63) is 0 Å². The lowest BCUT2D eigenvalue weighted by molar-refractivity contribution is -0.870. The number of carbonyl (C=O) groups is 1. The van der Waals surface area contributed by atoms with Gasteiger partial charge in [0, 0.05) is 6.42 Å². The number of nitrogens with zero attached hydrogens (tertiary/aromatic N) is 1. The second-order valence-electron chi connectivity index (χ2n) is 5.40. The first-order valence-corrected chi connectivity index (χ1v) is 6.42. The summed E-state index contributed by atoms with van der Waals surface area (Å²) in [5.74, 6) is -0.0371. The molecule has 0 aromatic heterocycles. The van der Waals surface area contributed by atoms with E-state index in [0.717, 1.165) is 23.9 Å². The van der Waals surface area contributed by atoms with Crippen LogP contribution in [0.25, 0.3) is 0 Å². The molecule has 0 rings (SSSR count). The second-order valence-corrected chi connectivity index (χ2v) is 5.40. The molecule has 0 aliphatic rings. The third-order valence-corrected chi connectivity index (χ3v) is 2.51. The van der Waals surface area contributed by atoms with Gasteiger partial charge in [0.05, 0.1) is 21.1 Å². The molecular formula is C13H28ClNO2. The molecule has 0 aromatic carbocycles. The number of hydrogen-bond donors (Lipinski definition) is 0. The van der Waals surface area contributed by atoms with Crippen molar-refractivity contribution in [3.63, 3.8) is 0 Å². The van der Waals surface area contributed by atoms with Gasteiger partial charge in [-0.1, -0.05) is 32.6 Å². The number of hydrogen-bond acceptors (Lipinski definition) is 2. The number of likely N-dealkylation sites (N-methyl/N-ethyl adjacent to an activating group) is 1. The summed E-state index contributed by atoms with van der Waals surface area (Å²) >= 11 is 0. The molecule has 4 heteroatoms. The summed E-state index contributed by atoms with van der Waals surface area (Å²) in [7, 11) is 6.29. The van der Waals surface area contributed by atoms with Gasteiger partial charge in [0.2, 0.25) is 0 Å². The number of halogens is 1. The van der Waals surface area contributed by atoms with E-state index < -0.39 is 0 Å². The lowest BCUT2D eigenvalue weighted by Crippen LogP contribution is -3.00. The summed E-state index contributed by atoms with van der Waals surface area (Å²) in [6.07, 6.45) is 6.47. The zero-order valence-electron chi connectivity index (χ0n) is 11.8. The molecule has 104 valence electrons. The first-order chi connectivity index (χ1) is 7.45. The van der Waals surface area contributed by atoms with Crippen molar-refractivity contribution < 1.29 is 26.4 Å². The topological polar surface area (TPSA) is 26.3 Å². The highest BCUT2D eigenvalue weighted by atomic mass is 35.5. The van der Waals surface area contributed by atoms with Gasteiger partial charge in [0.15, 0.2) is 0 Å². The zero-order valence-corrected chi connectivity index (χ0v) is 12.6. The number of carbonyl (C=O) groups excluding carboxylic acids is 1. The van der Waals surface area contributed by atoms with E-state index in [1.54, 1.807) is 0 Å². The first kappa shape index (κ1) is 19.1. The molecule has 0 aromatic rings. The predicted octanol–water partition coefficient (Wildman–Crippen LogP) is -0.400. The Bertz CT molecular complexity index is 190. The molecule has 0 spiro atoms. The normalized spacial score (nSPS) is 10.8. The lowest BCUT2D eigenvalue weighted by Gasteiger charge is -2.23. The maximum absolute atomic E-state index is 11.3. The average molecular weight is 266 g/mol. The number of esters is 1. The van der Waals surface area contributed by atoms with E-state index >= 15 is 0 Å². The number of ether oxygens (including phenoxy) is 1. The Balaban J connectivity index is 0. The largest absolute Gasteiger partial charge is 1.00 e. The van der Waals surface area contributed by atoms with Gasteiger partial charge < -0.3 is 21.6 Å². The fourth-order valence-corrected chi connectivity index (χ4v) is 1.38. The van der Waals surface area contributed by atoms with Gasteiger partial charge in [-0.25, -0.2) is 0 Å². The van der Waals surface area contributed by atoms with Crippen molar-refractivity contribution in [3.8, 4) is 0 Å². The van der Waals surface area contributed by atoms with Crippen LogP contribution in [0.5, 0.6) is 0 Å². The van der Waals surface area contributed by atoms with Crippen molar-refractivity contribution in [1.29, 1.82) is 0 Å². The molecule has 0 saturated heterocycles. The number of unbranched alkanes of at least 4 members (excludes halogenated alkanes) is 4. The van der Waals surface area contributed by atoms with Crippen LogP contribution >= 0.6 is 0 Å². The third kappa shape index (κ3) is 15.7. The standard InChI is InChI=1S/C13H28NO2.ClH/c1-5-6-7-8-9-10-13(15)16-12-11-14(2,3)4;/h5-12H2,1-4H3;1H/q+1;/p-1. The quantitative estimate of drug-likeness (QED) is 0.322. The van der Waals surface area contributed by atoms with Crippen molar-refractivity contribution in [1.82, 2.24) is 0 Å². The lowest BCUT2D eigenvalue weighted by atomic mass is 10.1. The van der Waals surface area contributed by atoms with Crippen molar-refractivity contribution >= 4 is 5.97 Å². The van der Waals surface area contributed by atoms with Crippen LogP contribution in [0.3, 0.4) is 0 Å². The summed E-state index contributed by atoms with van der Waals surface area (Å²) in [6, 6.07) is 0. The van der Waals surface area contributed by atoms with Crippen LogP contribution in [0.15, 0.2) is 0 Å². The minimum Gasteiger partial charge on any atom is -1.00 e. The van der Waals surface area contributed by atoms with Crippen LogP contribution in [0.2, 0.25) is 0 Å². The highest BCUT2D eigenvalue weighted by molar-refractivity contribution is 5.69. The molecule has 3 nitrogen and oxygen atoms in total. The SMILES string of the molecule is CCCCCCCC(=O)OCC[N+](C)(C)C.[Cl-]. The molecular weight excluding hydrogens is 238 g/mol. The highest BCUT2D eigenvalue weighted by Crippen LogP contribution is 2.05. The monoisotopic (exact) mass is 265 g/mol. The predicted molar refractivity (Wildman–Crippen MR) is 67.2 cm³/mol. The van der Waals surface area contributed by atoms with Crippen LogP contribution in [0.4, 0.5) is 0 Å². The van der Waals surface area contributed by atoms with Gasteiger partial charge >= 0.3 is 5.97 Å². The van der Waals surface area contributed by atoms with Crippen LogP contribution < -0.4 is 12.4 Å². The number of rotatable bonds is 9. The van der Waals surface area contributed by atoms with Gasteiger partial charge in [0.1, 0.15) is 13.2 Å². The van der Waals surface area contributed by atoms with E-state index in [4.69, 9.17) is 4.74 Å². The van der Waals surface area contributed by atoms with Crippen LogP contribution in [-0.2, 0) is 9.53 Å². The second kappa shape index (κ2) is 10.8. The third-order valence-electron chi connectivity index (χ3n) is 2.51. The zero-order chi connectivity index (χ0) is 12.4. The van der Waals surface area contributed by atoms with Crippen molar-refractivity contribution in [2.75, 3.05) is 34.3 Å². The number of quaternary nitrogens is 1. The van der Waals surface area contributed by atoms with Gasteiger partial charge in [-0.05, 0) is 6.42 Å². The van der Waals surface area contributed by atoms with E-state index in [1.807, 2.05) is 0 Å². The molecule has 0 fully saturated rings. The van der Waals surface area contributed by atoms with E-state index in [2.05, 4.69) is 28.1 Å². The average Bonchev–Trinajstić information content (AvgIpc) is 2.15. The Hall–Kier alpha value is -0.280. The molecule has 0 amide bonds. The van der Waals surface area contributed by atoms with Crippen LogP contribution in [0.1, 0.15) is 45.4 Å². The van der Waals surface area contributed by atoms with Crippen molar-refractivity contribution in [2.45, 2.75) is 45.4 Å². The molecule has 0 N–H and O–H groups in total. The summed E-state index contributed by atoms with van der Waals surface area (Å²) in [6.45, 7) is 3.61. The Morgan fingerprint density at radius 2 is 1.65 bits per heavy atom. The Morgan fingerprint density at radius 1 is 1.06 bits per heavy atom. The fourth-order valence-electron chi connectivity index (χ4n) is 1.38. The molecule has 0 atom stereocenters. The van der Waals surface area contributed by atoms with Gasteiger partial charge in [-0.3, -0.25) is 4.79 Å². The molecule has 0 unspecified atom stereocenters. The summed E-state index contributed by atoms with van der Waals surface area (Å²) in [5, 5.41) is 0. The van der Waals surface area contributed by atoms with E-state index in [-0.39, 0.29) is 18.4 Å². The molecule has 0 aliphatic heterocycles. The fraction of sp³-hybridized carbons (Fsp3) is 0.923. The summed E-state index contributed by atoms with van der Waals surface area (Å²) < 4.78 is 6.01. The highest BCUT2D eigenvalue weighted by Gasteiger charge is 2.08. The first-order valence-electron chi connectivity index (χ1n) is 6.42. The van der Waals surface area contributed by atoms with Gasteiger partial charge in [-0.15, -0.1) is 0 Å². The molecule has 17 heavy (non-hydrogen) atoms.